The monoisotopic (exact) mass is 277 g/mol. The number of amides is 1. The molecule has 0 radical (unpaired) electrons. The SMILES string of the molecule is CN1CCC(CNC(=O)CCOc2ccc(N)cc2)C1. The highest BCUT2D eigenvalue weighted by Crippen LogP contribution is 2.14. The summed E-state index contributed by atoms with van der Waals surface area (Å²) in [6.45, 7) is 3.36. The second-order valence-electron chi connectivity index (χ2n) is 5.39. The van der Waals surface area contributed by atoms with Gasteiger partial charge in [-0.2, -0.15) is 0 Å². The fraction of sp³-hybridized carbons (Fsp3) is 0.533. The third-order valence-corrected chi connectivity index (χ3v) is 3.55. The van der Waals surface area contributed by atoms with Gasteiger partial charge in [-0.15, -0.1) is 0 Å². The minimum absolute atomic E-state index is 0.0509. The molecule has 1 aliphatic heterocycles. The van der Waals surface area contributed by atoms with Gasteiger partial charge in [0.1, 0.15) is 5.75 Å². The summed E-state index contributed by atoms with van der Waals surface area (Å²) >= 11 is 0. The van der Waals surface area contributed by atoms with Crippen LogP contribution in [-0.2, 0) is 4.79 Å². The van der Waals surface area contributed by atoms with Gasteiger partial charge >= 0.3 is 0 Å². The Kier molecular flexibility index (Phi) is 5.24. The molecular weight excluding hydrogens is 254 g/mol. The summed E-state index contributed by atoms with van der Waals surface area (Å²) < 4.78 is 5.50. The van der Waals surface area contributed by atoms with Crippen LogP contribution in [0.15, 0.2) is 24.3 Å². The van der Waals surface area contributed by atoms with Crippen molar-refractivity contribution >= 4 is 11.6 Å². The first-order valence-electron chi connectivity index (χ1n) is 7.07. The molecule has 0 aromatic heterocycles. The van der Waals surface area contributed by atoms with Crippen molar-refractivity contribution in [2.45, 2.75) is 12.8 Å². The number of hydrogen-bond acceptors (Lipinski definition) is 4. The van der Waals surface area contributed by atoms with Crippen LogP contribution in [0, 0.1) is 5.92 Å². The van der Waals surface area contributed by atoms with Crippen LogP contribution in [0.3, 0.4) is 0 Å². The molecule has 110 valence electrons. The third-order valence-electron chi connectivity index (χ3n) is 3.55. The molecule has 0 aliphatic carbocycles. The molecule has 1 saturated heterocycles. The number of hydrogen-bond donors (Lipinski definition) is 2. The molecule has 5 nitrogen and oxygen atoms in total. The number of anilines is 1. The molecule has 1 aromatic rings. The van der Waals surface area contributed by atoms with Crippen molar-refractivity contribution in [3.8, 4) is 5.75 Å². The first-order chi connectivity index (χ1) is 9.63. The van der Waals surface area contributed by atoms with E-state index >= 15 is 0 Å². The van der Waals surface area contributed by atoms with E-state index < -0.39 is 0 Å². The summed E-state index contributed by atoms with van der Waals surface area (Å²) in [4.78, 5) is 14.0. The minimum atomic E-state index is 0.0509. The molecule has 0 saturated carbocycles. The van der Waals surface area contributed by atoms with E-state index in [0.29, 0.717) is 24.6 Å². The second kappa shape index (κ2) is 7.14. The van der Waals surface area contributed by atoms with Crippen molar-refractivity contribution in [2.75, 3.05) is 39.0 Å². The highest BCUT2D eigenvalue weighted by Gasteiger charge is 2.19. The van der Waals surface area contributed by atoms with Crippen LogP contribution >= 0.6 is 0 Å². The number of benzene rings is 1. The second-order valence-corrected chi connectivity index (χ2v) is 5.39. The van der Waals surface area contributed by atoms with Gasteiger partial charge in [-0.1, -0.05) is 0 Å². The summed E-state index contributed by atoms with van der Waals surface area (Å²) in [5.41, 5.74) is 6.29. The van der Waals surface area contributed by atoms with Gasteiger partial charge < -0.3 is 20.7 Å². The normalized spacial score (nSPS) is 18.9. The molecule has 20 heavy (non-hydrogen) atoms. The Morgan fingerprint density at radius 3 is 2.85 bits per heavy atom. The number of rotatable bonds is 6. The molecule has 1 amide bonds. The van der Waals surface area contributed by atoms with Gasteiger partial charge in [-0.3, -0.25) is 4.79 Å². The van der Waals surface area contributed by atoms with Gasteiger partial charge in [-0.05, 0) is 50.2 Å². The van der Waals surface area contributed by atoms with Gasteiger partial charge in [0.05, 0.1) is 13.0 Å². The summed E-state index contributed by atoms with van der Waals surface area (Å²) in [6, 6.07) is 7.18. The lowest BCUT2D eigenvalue weighted by atomic mass is 10.1. The summed E-state index contributed by atoms with van der Waals surface area (Å²) in [5, 5.41) is 2.97. The predicted molar refractivity (Wildman–Crippen MR) is 79.6 cm³/mol. The summed E-state index contributed by atoms with van der Waals surface area (Å²) in [6.07, 6.45) is 1.55. The number of carbonyl (C=O) groups is 1. The number of carbonyl (C=O) groups excluding carboxylic acids is 1. The zero-order valence-corrected chi connectivity index (χ0v) is 12.0. The summed E-state index contributed by atoms with van der Waals surface area (Å²) in [7, 11) is 2.11. The minimum Gasteiger partial charge on any atom is -0.493 e. The van der Waals surface area contributed by atoms with Crippen molar-refractivity contribution < 1.29 is 9.53 Å². The Labute approximate surface area is 120 Å². The molecule has 5 heteroatoms. The van der Waals surface area contributed by atoms with Crippen LogP contribution < -0.4 is 15.8 Å². The maximum absolute atomic E-state index is 11.7. The van der Waals surface area contributed by atoms with Crippen molar-refractivity contribution in [1.29, 1.82) is 0 Å². The van der Waals surface area contributed by atoms with Gasteiger partial charge in [0.15, 0.2) is 0 Å². The quantitative estimate of drug-likeness (QED) is 0.764. The fourth-order valence-electron chi connectivity index (χ4n) is 2.37. The van der Waals surface area contributed by atoms with E-state index in [0.717, 1.165) is 25.4 Å². The fourth-order valence-corrected chi connectivity index (χ4v) is 2.37. The third kappa shape index (κ3) is 4.74. The zero-order chi connectivity index (χ0) is 14.4. The Hall–Kier alpha value is -1.75. The Balaban J connectivity index is 1.59. The van der Waals surface area contributed by atoms with E-state index in [1.165, 1.54) is 6.42 Å². The van der Waals surface area contributed by atoms with Crippen LogP contribution in [-0.4, -0.2) is 44.1 Å². The average molecular weight is 277 g/mol. The van der Waals surface area contributed by atoms with Crippen molar-refractivity contribution in [3.05, 3.63) is 24.3 Å². The highest BCUT2D eigenvalue weighted by atomic mass is 16.5. The topological polar surface area (TPSA) is 67.6 Å². The standard InChI is InChI=1S/C15H23N3O2/c1-18-8-6-12(11-18)10-17-15(19)7-9-20-14-4-2-13(16)3-5-14/h2-5,12H,6-11,16H2,1H3,(H,17,19). The van der Waals surface area contributed by atoms with E-state index in [9.17, 15) is 4.79 Å². The average Bonchev–Trinajstić information content (AvgIpc) is 2.85. The number of nitrogen functional groups attached to an aromatic ring is 1. The summed E-state index contributed by atoms with van der Waals surface area (Å²) in [5.74, 6) is 1.38. The first-order valence-corrected chi connectivity index (χ1v) is 7.07. The van der Waals surface area contributed by atoms with Gasteiger partial charge in [0.2, 0.25) is 5.91 Å². The van der Waals surface area contributed by atoms with Crippen molar-refractivity contribution in [3.63, 3.8) is 0 Å². The van der Waals surface area contributed by atoms with Gasteiger partial charge in [0, 0.05) is 18.8 Å². The molecule has 1 aliphatic rings. The van der Waals surface area contributed by atoms with E-state index in [1.807, 2.05) is 12.1 Å². The molecule has 1 aromatic carbocycles. The van der Waals surface area contributed by atoms with E-state index in [2.05, 4.69) is 17.3 Å². The Morgan fingerprint density at radius 2 is 2.20 bits per heavy atom. The molecule has 2 rings (SSSR count). The molecular formula is C15H23N3O2. The molecule has 1 fully saturated rings. The smallest absolute Gasteiger partial charge is 0.223 e. The van der Waals surface area contributed by atoms with E-state index in [1.54, 1.807) is 12.1 Å². The van der Waals surface area contributed by atoms with Gasteiger partial charge in [0.25, 0.3) is 0 Å². The van der Waals surface area contributed by atoms with E-state index in [4.69, 9.17) is 10.5 Å². The maximum Gasteiger partial charge on any atom is 0.223 e. The lowest BCUT2D eigenvalue weighted by molar-refractivity contribution is -0.121. The van der Waals surface area contributed by atoms with Crippen LogP contribution in [0.4, 0.5) is 5.69 Å². The van der Waals surface area contributed by atoms with Crippen LogP contribution in [0.1, 0.15) is 12.8 Å². The lowest BCUT2D eigenvalue weighted by Crippen LogP contribution is -2.31. The first kappa shape index (κ1) is 14.7. The molecule has 3 N–H and O–H groups in total. The zero-order valence-electron chi connectivity index (χ0n) is 12.0. The molecule has 1 atom stereocenters. The number of ether oxygens (including phenoxy) is 1. The van der Waals surface area contributed by atoms with Crippen LogP contribution in [0.25, 0.3) is 0 Å². The Morgan fingerprint density at radius 1 is 1.45 bits per heavy atom. The van der Waals surface area contributed by atoms with Crippen molar-refractivity contribution in [2.24, 2.45) is 5.92 Å². The largest absolute Gasteiger partial charge is 0.493 e. The lowest BCUT2D eigenvalue weighted by Gasteiger charge is -2.12. The van der Waals surface area contributed by atoms with E-state index in [-0.39, 0.29) is 5.91 Å². The van der Waals surface area contributed by atoms with Crippen LogP contribution in [0.5, 0.6) is 5.75 Å². The Bertz CT molecular complexity index is 433. The number of nitrogens with two attached hydrogens (primary N) is 1. The highest BCUT2D eigenvalue weighted by molar-refractivity contribution is 5.76. The molecule has 1 heterocycles. The maximum atomic E-state index is 11.7. The molecule has 1 unspecified atom stereocenters. The number of nitrogens with zero attached hydrogens (tertiary/aromatic N) is 1. The molecule has 0 bridgehead atoms. The number of likely N-dealkylation sites (tertiary alicyclic amines) is 1. The van der Waals surface area contributed by atoms with Crippen molar-refractivity contribution in [1.82, 2.24) is 10.2 Å². The predicted octanol–water partition coefficient (Wildman–Crippen LogP) is 1.11. The van der Waals surface area contributed by atoms with Gasteiger partial charge in [-0.25, -0.2) is 0 Å². The van der Waals surface area contributed by atoms with Crippen LogP contribution in [0.2, 0.25) is 0 Å². The number of nitrogens with one attached hydrogen (secondary N) is 1. The molecule has 0 spiro atoms.